The van der Waals surface area contributed by atoms with Crippen LogP contribution in [0.2, 0.25) is 0 Å². The maximum Gasteiger partial charge on any atom is 0.331 e. The summed E-state index contributed by atoms with van der Waals surface area (Å²) in [6.45, 7) is 6.48. The number of nitrogens with zero attached hydrogens (tertiary/aromatic N) is 3. The van der Waals surface area contributed by atoms with Crippen molar-refractivity contribution in [1.82, 2.24) is 15.1 Å². The van der Waals surface area contributed by atoms with Crippen molar-refractivity contribution in [2.45, 2.75) is 38.9 Å². The molecule has 3 heterocycles. The minimum Gasteiger partial charge on any atom is -0.364 e. The summed E-state index contributed by atoms with van der Waals surface area (Å²) >= 11 is 0. The van der Waals surface area contributed by atoms with Crippen LogP contribution in [-0.2, 0) is 22.6 Å². The molecule has 0 aromatic heterocycles. The molecular weight excluding hydrogens is 404 g/mol. The fraction of sp³-hybridized carbons (Fsp3) is 0.400. The van der Waals surface area contributed by atoms with Crippen LogP contribution < -0.4 is 10.2 Å². The third-order valence-corrected chi connectivity index (χ3v) is 7.01. The summed E-state index contributed by atoms with van der Waals surface area (Å²) in [4.78, 5) is 45.6. The summed E-state index contributed by atoms with van der Waals surface area (Å²) in [5.74, 6) is -0.859. The largest absolute Gasteiger partial charge is 0.364 e. The van der Waals surface area contributed by atoms with Gasteiger partial charge >= 0.3 is 6.03 Å². The Morgan fingerprint density at radius 2 is 1.72 bits per heavy atom. The molecule has 2 aromatic rings. The first-order valence-electron chi connectivity index (χ1n) is 11.2. The van der Waals surface area contributed by atoms with Crippen LogP contribution >= 0.6 is 0 Å². The van der Waals surface area contributed by atoms with E-state index in [2.05, 4.69) is 33.3 Å². The van der Waals surface area contributed by atoms with E-state index in [1.807, 2.05) is 36.4 Å². The Morgan fingerprint density at radius 1 is 1.00 bits per heavy atom. The second-order valence-electron chi connectivity index (χ2n) is 9.23. The van der Waals surface area contributed by atoms with Crippen molar-refractivity contribution in [2.24, 2.45) is 5.41 Å². The van der Waals surface area contributed by atoms with Gasteiger partial charge in [0.2, 0.25) is 11.8 Å². The van der Waals surface area contributed by atoms with Crippen molar-refractivity contribution < 1.29 is 14.4 Å². The number of nitrogens with one attached hydrogen (secondary N) is 1. The van der Waals surface area contributed by atoms with Crippen molar-refractivity contribution in [1.29, 1.82) is 0 Å². The molecule has 0 radical (unpaired) electrons. The van der Waals surface area contributed by atoms with E-state index in [1.165, 1.54) is 10.5 Å². The fourth-order valence-electron chi connectivity index (χ4n) is 5.49. The maximum absolute atomic E-state index is 13.9. The highest BCUT2D eigenvalue weighted by molar-refractivity contribution is 6.20. The van der Waals surface area contributed by atoms with Gasteiger partial charge in [0.05, 0.1) is 6.04 Å². The molecule has 5 rings (SSSR count). The second-order valence-corrected chi connectivity index (χ2v) is 9.23. The van der Waals surface area contributed by atoms with E-state index >= 15 is 0 Å². The summed E-state index contributed by atoms with van der Waals surface area (Å²) in [7, 11) is 0. The molecular formula is C25H28N4O3. The lowest BCUT2D eigenvalue weighted by atomic mass is 9.67. The molecule has 0 aliphatic carbocycles. The summed E-state index contributed by atoms with van der Waals surface area (Å²) in [5.41, 5.74) is 1.92. The van der Waals surface area contributed by atoms with Crippen LogP contribution in [0.25, 0.3) is 0 Å². The predicted molar refractivity (Wildman–Crippen MR) is 121 cm³/mol. The average molecular weight is 433 g/mol. The number of fused-ring (bicyclic) bond motifs is 4. The third-order valence-electron chi connectivity index (χ3n) is 7.01. The number of amides is 4. The molecule has 1 spiro atoms. The van der Waals surface area contributed by atoms with Crippen LogP contribution in [-0.4, -0.2) is 59.4 Å². The van der Waals surface area contributed by atoms with Crippen LogP contribution in [0.15, 0.2) is 54.6 Å². The van der Waals surface area contributed by atoms with Crippen LogP contribution in [0, 0.1) is 5.41 Å². The van der Waals surface area contributed by atoms with Crippen LogP contribution in [0.5, 0.6) is 0 Å². The average Bonchev–Trinajstić information content (AvgIpc) is 2.78. The minimum absolute atomic E-state index is 0.296. The van der Waals surface area contributed by atoms with Crippen molar-refractivity contribution in [2.75, 3.05) is 24.5 Å². The first-order chi connectivity index (χ1) is 15.4. The standard InChI is InChI=1S/C25H28N4O3/c1-17(2)29-23(31)25(22(30)26-24(29)32)14-19-10-6-7-11-20(19)28-13-12-27(16-21(25)28)15-18-8-4-3-5-9-18/h3-11,17,21H,12-16H2,1-2H3,(H,26,30,32)/t21-,25-/m1/s1. The number of carbonyl (C=O) groups is 3. The molecule has 0 bridgehead atoms. The number of piperazine rings is 1. The zero-order valence-electron chi connectivity index (χ0n) is 18.5. The first-order valence-corrected chi connectivity index (χ1v) is 11.2. The first kappa shape index (κ1) is 20.7. The molecule has 7 heteroatoms. The highest BCUT2D eigenvalue weighted by Crippen LogP contribution is 2.46. The number of benzene rings is 2. The highest BCUT2D eigenvalue weighted by Gasteiger charge is 2.63. The van der Waals surface area contributed by atoms with Crippen LogP contribution in [0.4, 0.5) is 10.5 Å². The summed E-state index contributed by atoms with van der Waals surface area (Å²) < 4.78 is 0. The van der Waals surface area contributed by atoms with Gasteiger partial charge in [0.15, 0.2) is 5.41 Å². The molecule has 1 N–H and O–H groups in total. The molecule has 166 valence electrons. The zero-order chi connectivity index (χ0) is 22.5. The van der Waals surface area contributed by atoms with Gasteiger partial charge in [0, 0.05) is 37.9 Å². The lowest BCUT2D eigenvalue weighted by molar-refractivity contribution is -0.155. The Balaban J connectivity index is 1.57. The fourth-order valence-corrected chi connectivity index (χ4v) is 5.49. The van der Waals surface area contributed by atoms with Crippen molar-refractivity contribution in [3.8, 4) is 0 Å². The number of hydrogen-bond donors (Lipinski definition) is 1. The SMILES string of the molecule is CC(C)N1C(=O)NC(=O)[C@]2(Cc3ccccc3N3CCN(Cc4ccccc4)C[C@@H]32)C1=O. The van der Waals surface area contributed by atoms with Gasteiger partial charge < -0.3 is 4.90 Å². The number of carbonyl (C=O) groups excluding carboxylic acids is 3. The third kappa shape index (κ3) is 3.11. The summed E-state index contributed by atoms with van der Waals surface area (Å²) in [6, 6.07) is 16.9. The highest BCUT2D eigenvalue weighted by atomic mass is 16.2. The normalized spacial score (nSPS) is 25.7. The number of para-hydroxylation sites is 1. The molecule has 2 atom stereocenters. The Bertz CT molecular complexity index is 1070. The Morgan fingerprint density at radius 3 is 2.47 bits per heavy atom. The van der Waals surface area contributed by atoms with E-state index in [0.717, 1.165) is 24.3 Å². The topological polar surface area (TPSA) is 73.0 Å². The molecule has 0 unspecified atom stereocenters. The van der Waals surface area contributed by atoms with E-state index in [9.17, 15) is 14.4 Å². The number of barbiturate groups is 1. The van der Waals surface area contributed by atoms with E-state index in [-0.39, 0.29) is 18.0 Å². The number of anilines is 1. The Labute approximate surface area is 188 Å². The molecule has 32 heavy (non-hydrogen) atoms. The van der Waals surface area contributed by atoms with Gasteiger partial charge in [-0.25, -0.2) is 4.79 Å². The van der Waals surface area contributed by atoms with Gasteiger partial charge in [-0.05, 0) is 37.5 Å². The molecule has 3 aliphatic heterocycles. The van der Waals surface area contributed by atoms with E-state index in [0.29, 0.717) is 19.5 Å². The molecule has 3 aliphatic rings. The number of rotatable bonds is 3. The monoisotopic (exact) mass is 432 g/mol. The lowest BCUT2D eigenvalue weighted by Crippen LogP contribution is -2.75. The van der Waals surface area contributed by atoms with Gasteiger partial charge in [0.1, 0.15) is 0 Å². The lowest BCUT2D eigenvalue weighted by Gasteiger charge is -2.55. The smallest absolute Gasteiger partial charge is 0.331 e. The molecule has 0 saturated carbocycles. The van der Waals surface area contributed by atoms with Gasteiger partial charge in [-0.1, -0.05) is 48.5 Å². The van der Waals surface area contributed by atoms with Crippen LogP contribution in [0.1, 0.15) is 25.0 Å². The molecule has 2 aromatic carbocycles. The predicted octanol–water partition coefficient (Wildman–Crippen LogP) is 2.41. The van der Waals surface area contributed by atoms with Gasteiger partial charge in [0.25, 0.3) is 0 Å². The zero-order valence-corrected chi connectivity index (χ0v) is 18.5. The van der Waals surface area contributed by atoms with Crippen molar-refractivity contribution in [3.05, 3.63) is 65.7 Å². The molecule has 7 nitrogen and oxygen atoms in total. The van der Waals surface area contributed by atoms with E-state index < -0.39 is 17.4 Å². The molecule has 2 fully saturated rings. The number of hydrogen-bond acceptors (Lipinski definition) is 5. The quantitative estimate of drug-likeness (QED) is 0.754. The Kier molecular flexibility index (Phi) is 5.01. The molecule has 2 saturated heterocycles. The molecule has 4 amide bonds. The Hall–Kier alpha value is -3.19. The summed E-state index contributed by atoms with van der Waals surface area (Å²) in [5, 5.41) is 2.51. The van der Waals surface area contributed by atoms with Gasteiger partial charge in [-0.3, -0.25) is 24.7 Å². The van der Waals surface area contributed by atoms with E-state index in [4.69, 9.17) is 0 Å². The minimum atomic E-state index is -1.33. The van der Waals surface area contributed by atoms with Gasteiger partial charge in [-0.2, -0.15) is 0 Å². The van der Waals surface area contributed by atoms with Crippen molar-refractivity contribution in [3.63, 3.8) is 0 Å². The van der Waals surface area contributed by atoms with Crippen LogP contribution in [0.3, 0.4) is 0 Å². The van der Waals surface area contributed by atoms with Gasteiger partial charge in [-0.15, -0.1) is 0 Å². The summed E-state index contributed by atoms with van der Waals surface area (Å²) in [6.07, 6.45) is 0.296. The van der Waals surface area contributed by atoms with E-state index in [1.54, 1.807) is 13.8 Å². The second kappa shape index (κ2) is 7.74. The maximum atomic E-state index is 13.9. The van der Waals surface area contributed by atoms with Crippen molar-refractivity contribution >= 4 is 23.5 Å². The number of imide groups is 2. The number of urea groups is 1.